The molecular formula is C23H21BrN4O2. The molecule has 0 aliphatic carbocycles. The highest BCUT2D eigenvalue weighted by molar-refractivity contribution is 9.10. The van der Waals surface area contributed by atoms with Crippen molar-refractivity contribution < 1.29 is 4.79 Å². The number of carbonyl (C=O) groups is 1. The molecule has 1 aliphatic heterocycles. The average molecular weight is 465 g/mol. The van der Waals surface area contributed by atoms with E-state index in [-0.39, 0.29) is 11.5 Å². The predicted octanol–water partition coefficient (Wildman–Crippen LogP) is 4.66. The largest absolute Gasteiger partial charge is 0.295 e. The number of aromatic nitrogens is 2. The minimum Gasteiger partial charge on any atom is -0.295 e. The molecule has 0 saturated carbocycles. The van der Waals surface area contributed by atoms with E-state index in [0.29, 0.717) is 28.2 Å². The summed E-state index contributed by atoms with van der Waals surface area (Å²) in [5.74, 6) is -0.244. The molecule has 2 heterocycles. The van der Waals surface area contributed by atoms with E-state index in [9.17, 15) is 9.59 Å². The van der Waals surface area contributed by atoms with E-state index in [2.05, 4.69) is 26.1 Å². The molecule has 0 spiro atoms. The van der Waals surface area contributed by atoms with E-state index >= 15 is 0 Å². The Morgan fingerprint density at radius 3 is 2.27 bits per heavy atom. The van der Waals surface area contributed by atoms with Gasteiger partial charge in [0.05, 0.1) is 28.2 Å². The molecule has 2 aromatic carbocycles. The molecule has 30 heavy (non-hydrogen) atoms. The van der Waals surface area contributed by atoms with Crippen LogP contribution < -0.4 is 10.6 Å². The first-order chi connectivity index (χ1) is 14.3. The fraction of sp³-hybridized carbons (Fsp3) is 0.174. The van der Waals surface area contributed by atoms with Crippen molar-refractivity contribution in [3.63, 3.8) is 0 Å². The van der Waals surface area contributed by atoms with Crippen LogP contribution >= 0.6 is 15.9 Å². The summed E-state index contributed by atoms with van der Waals surface area (Å²) in [6.07, 6.45) is 1.63. The first-order valence-corrected chi connectivity index (χ1v) is 10.3. The van der Waals surface area contributed by atoms with Crippen LogP contribution in [0.3, 0.4) is 0 Å². The van der Waals surface area contributed by atoms with Crippen molar-refractivity contribution in [1.82, 2.24) is 9.78 Å². The summed E-state index contributed by atoms with van der Waals surface area (Å²) in [5, 5.41) is 8.91. The number of H-pyrrole nitrogens is 1. The normalized spacial score (nSPS) is 15.2. The van der Waals surface area contributed by atoms with Gasteiger partial charge in [-0.2, -0.15) is 10.1 Å². The van der Waals surface area contributed by atoms with Crippen LogP contribution in [0.25, 0.3) is 11.8 Å². The molecule has 0 unspecified atom stereocenters. The lowest BCUT2D eigenvalue weighted by atomic mass is 10.1. The summed E-state index contributed by atoms with van der Waals surface area (Å²) in [5.41, 5.74) is 5.57. The zero-order valence-electron chi connectivity index (χ0n) is 17.2. The zero-order chi connectivity index (χ0) is 21.6. The van der Waals surface area contributed by atoms with Gasteiger partial charge in [-0.25, -0.2) is 4.68 Å². The van der Waals surface area contributed by atoms with Crippen molar-refractivity contribution in [3.05, 3.63) is 85.2 Å². The first kappa shape index (κ1) is 20.1. The van der Waals surface area contributed by atoms with Gasteiger partial charge < -0.3 is 0 Å². The second kappa shape index (κ2) is 7.57. The van der Waals surface area contributed by atoms with Crippen LogP contribution in [0.1, 0.15) is 29.3 Å². The van der Waals surface area contributed by atoms with Gasteiger partial charge in [0.25, 0.3) is 11.5 Å². The number of halogens is 1. The second-order valence-electron chi connectivity index (χ2n) is 7.40. The standard InChI is InChI=1S/C23H21BrN4O2/c1-13-5-8-19(11-14(13)2)28-23(30)21(16(4)26-28)12-20-15(3)25-27(22(20)29)18-9-6-17(24)7-10-18/h5-12,25H,1-4H3/b21-12-. The Kier molecular flexibility index (Phi) is 5.07. The molecule has 1 aliphatic rings. The minimum absolute atomic E-state index is 0.215. The van der Waals surface area contributed by atoms with Gasteiger partial charge >= 0.3 is 0 Å². The Balaban J connectivity index is 1.73. The van der Waals surface area contributed by atoms with Crippen LogP contribution in [0.4, 0.5) is 5.69 Å². The fourth-order valence-corrected chi connectivity index (χ4v) is 3.63. The highest BCUT2D eigenvalue weighted by Gasteiger charge is 2.29. The molecule has 4 rings (SSSR count). The van der Waals surface area contributed by atoms with Gasteiger partial charge in [0.2, 0.25) is 0 Å². The van der Waals surface area contributed by atoms with Crippen LogP contribution in [0, 0.1) is 20.8 Å². The maximum Gasteiger partial charge on any atom is 0.280 e. The number of hydrogen-bond donors (Lipinski definition) is 1. The summed E-state index contributed by atoms with van der Waals surface area (Å²) in [6, 6.07) is 13.2. The third-order valence-corrected chi connectivity index (χ3v) is 5.82. The molecule has 7 heteroatoms. The maximum absolute atomic E-state index is 13.1. The van der Waals surface area contributed by atoms with Gasteiger partial charge in [-0.3, -0.25) is 14.7 Å². The SMILES string of the molecule is CC1=NN(c2ccc(C)c(C)c2)C(=O)/C1=C\c1c(C)[nH]n(-c2ccc(Br)cc2)c1=O. The quantitative estimate of drug-likeness (QED) is 0.572. The molecular weight excluding hydrogens is 444 g/mol. The van der Waals surface area contributed by atoms with Crippen molar-refractivity contribution in [2.45, 2.75) is 27.7 Å². The van der Waals surface area contributed by atoms with E-state index in [1.54, 1.807) is 13.0 Å². The number of hydrazone groups is 1. The maximum atomic E-state index is 13.1. The number of aryl methyl sites for hydroxylation is 3. The lowest BCUT2D eigenvalue weighted by Crippen LogP contribution is -2.22. The number of nitrogens with zero attached hydrogens (tertiary/aromatic N) is 3. The molecule has 0 saturated heterocycles. The first-order valence-electron chi connectivity index (χ1n) is 9.53. The van der Waals surface area contributed by atoms with E-state index in [4.69, 9.17) is 0 Å². The molecule has 152 valence electrons. The highest BCUT2D eigenvalue weighted by Crippen LogP contribution is 2.26. The molecule has 6 nitrogen and oxygen atoms in total. The molecule has 0 bridgehead atoms. The minimum atomic E-state index is -0.244. The fourth-order valence-electron chi connectivity index (χ4n) is 3.36. The lowest BCUT2D eigenvalue weighted by molar-refractivity contribution is -0.114. The summed E-state index contributed by atoms with van der Waals surface area (Å²) in [6.45, 7) is 7.62. The van der Waals surface area contributed by atoms with Crippen LogP contribution in [0.5, 0.6) is 0 Å². The molecule has 1 aromatic heterocycles. The molecule has 0 radical (unpaired) electrons. The summed E-state index contributed by atoms with van der Waals surface area (Å²) in [4.78, 5) is 26.1. The topological polar surface area (TPSA) is 70.5 Å². The van der Waals surface area contributed by atoms with E-state index in [1.807, 2.05) is 63.2 Å². The Morgan fingerprint density at radius 2 is 1.60 bits per heavy atom. The molecule has 0 fully saturated rings. The number of anilines is 1. The van der Waals surface area contributed by atoms with Crippen LogP contribution in [-0.4, -0.2) is 21.4 Å². The van der Waals surface area contributed by atoms with E-state index in [0.717, 1.165) is 21.3 Å². The average Bonchev–Trinajstić information content (AvgIpc) is 3.15. The third kappa shape index (κ3) is 3.45. The Morgan fingerprint density at radius 1 is 0.933 bits per heavy atom. The van der Waals surface area contributed by atoms with Crippen molar-refractivity contribution in [1.29, 1.82) is 0 Å². The van der Waals surface area contributed by atoms with Gasteiger partial charge in [-0.15, -0.1) is 0 Å². The van der Waals surface area contributed by atoms with Crippen LogP contribution in [0.15, 0.2) is 62.4 Å². The van der Waals surface area contributed by atoms with Gasteiger partial charge in [-0.05, 0) is 81.3 Å². The Hall–Kier alpha value is -3.19. The van der Waals surface area contributed by atoms with E-state index in [1.165, 1.54) is 9.69 Å². The Labute approximate surface area is 182 Å². The van der Waals surface area contributed by atoms with Crippen LogP contribution in [-0.2, 0) is 4.79 Å². The molecule has 0 atom stereocenters. The Bertz CT molecular complexity index is 1280. The third-order valence-electron chi connectivity index (χ3n) is 5.29. The van der Waals surface area contributed by atoms with Gasteiger partial charge in [0, 0.05) is 10.2 Å². The smallest absolute Gasteiger partial charge is 0.280 e. The summed E-state index contributed by atoms with van der Waals surface area (Å²) < 4.78 is 2.40. The lowest BCUT2D eigenvalue weighted by Gasteiger charge is -2.13. The molecule has 3 aromatic rings. The number of amides is 1. The van der Waals surface area contributed by atoms with Crippen molar-refractivity contribution in [2.24, 2.45) is 5.10 Å². The second-order valence-corrected chi connectivity index (χ2v) is 8.31. The number of nitrogens with one attached hydrogen (secondary N) is 1. The number of hydrogen-bond acceptors (Lipinski definition) is 3. The van der Waals surface area contributed by atoms with Crippen LogP contribution in [0.2, 0.25) is 0 Å². The zero-order valence-corrected chi connectivity index (χ0v) is 18.7. The van der Waals surface area contributed by atoms with Gasteiger partial charge in [0.15, 0.2) is 0 Å². The summed E-state index contributed by atoms with van der Waals surface area (Å²) >= 11 is 3.40. The number of benzene rings is 2. The summed E-state index contributed by atoms with van der Waals surface area (Å²) in [7, 11) is 0. The number of aromatic amines is 1. The highest BCUT2D eigenvalue weighted by atomic mass is 79.9. The number of rotatable bonds is 3. The molecule has 1 N–H and O–H groups in total. The predicted molar refractivity (Wildman–Crippen MR) is 123 cm³/mol. The van der Waals surface area contributed by atoms with Crippen molar-refractivity contribution >= 4 is 39.3 Å². The van der Waals surface area contributed by atoms with Crippen molar-refractivity contribution in [2.75, 3.05) is 5.01 Å². The number of carbonyl (C=O) groups excluding carboxylic acids is 1. The van der Waals surface area contributed by atoms with Gasteiger partial charge in [-0.1, -0.05) is 22.0 Å². The molecule has 1 amide bonds. The van der Waals surface area contributed by atoms with Gasteiger partial charge in [0.1, 0.15) is 0 Å². The monoisotopic (exact) mass is 464 g/mol. The van der Waals surface area contributed by atoms with E-state index < -0.39 is 0 Å². The van der Waals surface area contributed by atoms with Crippen molar-refractivity contribution in [3.8, 4) is 5.69 Å².